The molecule has 3 heterocycles. The van der Waals surface area contributed by atoms with E-state index in [9.17, 15) is 0 Å². The number of nitrogens with zero attached hydrogens (tertiary/aromatic N) is 4. The van der Waals surface area contributed by atoms with Crippen molar-refractivity contribution in [3.05, 3.63) is 24.5 Å². The van der Waals surface area contributed by atoms with Crippen LogP contribution in [0.4, 0.5) is 5.82 Å². The van der Waals surface area contributed by atoms with Crippen LogP contribution in [0, 0.1) is 5.92 Å². The number of benzene rings is 1. The molecule has 3 aromatic rings. The van der Waals surface area contributed by atoms with Gasteiger partial charge in [0.1, 0.15) is 23.1 Å². The normalized spacial score (nSPS) is 18.7. The van der Waals surface area contributed by atoms with Crippen molar-refractivity contribution >= 4 is 27.8 Å². The summed E-state index contributed by atoms with van der Waals surface area (Å²) >= 11 is 0. The minimum absolute atomic E-state index is 0.712. The van der Waals surface area contributed by atoms with Crippen molar-refractivity contribution in [3.8, 4) is 5.75 Å². The number of hydrogen-bond donors (Lipinski definition) is 0. The van der Waals surface area contributed by atoms with Crippen molar-refractivity contribution in [2.45, 2.75) is 19.8 Å². The van der Waals surface area contributed by atoms with Gasteiger partial charge < -0.3 is 14.2 Å². The molecule has 1 unspecified atom stereocenters. The molecule has 1 aromatic carbocycles. The molecule has 1 fully saturated rings. The molecule has 0 bridgehead atoms. The van der Waals surface area contributed by atoms with Crippen molar-refractivity contribution < 1.29 is 4.74 Å². The molecule has 5 heteroatoms. The molecule has 4 rings (SSSR count). The maximum Gasteiger partial charge on any atom is 0.156 e. The van der Waals surface area contributed by atoms with Crippen molar-refractivity contribution in [1.82, 2.24) is 14.5 Å². The zero-order chi connectivity index (χ0) is 16.0. The van der Waals surface area contributed by atoms with Crippen LogP contribution in [0.1, 0.15) is 19.8 Å². The zero-order valence-corrected chi connectivity index (χ0v) is 13.9. The van der Waals surface area contributed by atoms with E-state index in [2.05, 4.69) is 45.5 Å². The summed E-state index contributed by atoms with van der Waals surface area (Å²) in [7, 11) is 3.79. The van der Waals surface area contributed by atoms with E-state index in [0.717, 1.165) is 46.6 Å². The first kappa shape index (κ1) is 14.3. The summed E-state index contributed by atoms with van der Waals surface area (Å²) < 4.78 is 7.59. The Labute approximate surface area is 135 Å². The topological polar surface area (TPSA) is 43.2 Å². The molecule has 1 aliphatic rings. The average molecular weight is 310 g/mol. The highest BCUT2D eigenvalue weighted by atomic mass is 16.5. The third-order valence-electron chi connectivity index (χ3n) is 4.92. The first-order chi connectivity index (χ1) is 11.2. The van der Waals surface area contributed by atoms with Crippen LogP contribution in [0.15, 0.2) is 24.5 Å². The predicted molar refractivity (Wildman–Crippen MR) is 93.2 cm³/mol. The summed E-state index contributed by atoms with van der Waals surface area (Å²) in [4.78, 5) is 11.6. The van der Waals surface area contributed by atoms with Gasteiger partial charge in [0, 0.05) is 25.5 Å². The molecule has 5 nitrogen and oxygen atoms in total. The minimum atomic E-state index is 0.712. The Balaban J connectivity index is 1.96. The zero-order valence-electron chi connectivity index (χ0n) is 13.9. The van der Waals surface area contributed by atoms with Crippen LogP contribution in [0.2, 0.25) is 0 Å². The Morgan fingerprint density at radius 3 is 2.91 bits per heavy atom. The molecule has 0 aliphatic carbocycles. The quantitative estimate of drug-likeness (QED) is 0.728. The lowest BCUT2D eigenvalue weighted by Gasteiger charge is -2.32. The van der Waals surface area contributed by atoms with Gasteiger partial charge in [0.25, 0.3) is 0 Å². The molecule has 1 atom stereocenters. The van der Waals surface area contributed by atoms with Gasteiger partial charge in [0.15, 0.2) is 5.82 Å². The van der Waals surface area contributed by atoms with E-state index in [1.54, 1.807) is 13.4 Å². The maximum absolute atomic E-state index is 5.38. The second-order valence-corrected chi connectivity index (χ2v) is 6.53. The highest BCUT2D eigenvalue weighted by Gasteiger charge is 2.22. The fourth-order valence-corrected chi connectivity index (χ4v) is 3.73. The fourth-order valence-electron chi connectivity index (χ4n) is 3.73. The number of anilines is 1. The van der Waals surface area contributed by atoms with Gasteiger partial charge in [-0.05, 0) is 37.0 Å². The van der Waals surface area contributed by atoms with Gasteiger partial charge in [-0.3, -0.25) is 0 Å². The van der Waals surface area contributed by atoms with Crippen LogP contribution < -0.4 is 9.64 Å². The van der Waals surface area contributed by atoms with Crippen LogP contribution in [0.5, 0.6) is 5.75 Å². The molecule has 0 saturated carbocycles. The highest BCUT2D eigenvalue weighted by Crippen LogP contribution is 2.34. The molecule has 2 aromatic heterocycles. The summed E-state index contributed by atoms with van der Waals surface area (Å²) in [5, 5.41) is 1.12. The summed E-state index contributed by atoms with van der Waals surface area (Å²) in [6.07, 6.45) is 4.22. The molecule has 0 radical (unpaired) electrons. The van der Waals surface area contributed by atoms with Crippen LogP contribution in [-0.4, -0.2) is 34.7 Å². The number of fused-ring (bicyclic) bond motifs is 3. The van der Waals surface area contributed by atoms with Gasteiger partial charge in [-0.2, -0.15) is 0 Å². The van der Waals surface area contributed by atoms with E-state index in [-0.39, 0.29) is 0 Å². The molecule has 0 N–H and O–H groups in total. The van der Waals surface area contributed by atoms with Crippen molar-refractivity contribution in [2.75, 3.05) is 25.1 Å². The Morgan fingerprint density at radius 1 is 1.26 bits per heavy atom. The van der Waals surface area contributed by atoms with Crippen LogP contribution in [-0.2, 0) is 7.05 Å². The van der Waals surface area contributed by atoms with Gasteiger partial charge in [-0.25, -0.2) is 9.97 Å². The molecule has 0 amide bonds. The summed E-state index contributed by atoms with van der Waals surface area (Å²) in [6.45, 7) is 4.45. The number of piperidine rings is 1. The smallest absolute Gasteiger partial charge is 0.156 e. The minimum Gasteiger partial charge on any atom is -0.497 e. The van der Waals surface area contributed by atoms with Crippen molar-refractivity contribution in [3.63, 3.8) is 0 Å². The molecule has 1 saturated heterocycles. The number of rotatable bonds is 2. The van der Waals surface area contributed by atoms with Gasteiger partial charge in [-0.1, -0.05) is 6.92 Å². The largest absolute Gasteiger partial charge is 0.497 e. The number of hydrogen-bond acceptors (Lipinski definition) is 4. The van der Waals surface area contributed by atoms with E-state index in [1.165, 1.54) is 12.8 Å². The van der Waals surface area contributed by atoms with E-state index >= 15 is 0 Å². The number of ether oxygens (including phenoxy) is 1. The molecule has 1 aliphatic heterocycles. The molecular weight excluding hydrogens is 288 g/mol. The third-order valence-corrected chi connectivity index (χ3v) is 4.92. The van der Waals surface area contributed by atoms with E-state index in [1.807, 2.05) is 6.07 Å². The number of methoxy groups -OCH3 is 1. The van der Waals surface area contributed by atoms with Crippen LogP contribution >= 0.6 is 0 Å². The SMILES string of the molecule is COc1ccc2c(c1)c1ncnc(N3CCCC(C)C3)c1n2C. The van der Waals surface area contributed by atoms with Crippen molar-refractivity contribution in [1.29, 1.82) is 0 Å². The van der Waals surface area contributed by atoms with Gasteiger partial charge in [0.05, 0.1) is 12.6 Å². The summed E-state index contributed by atoms with van der Waals surface area (Å²) in [6, 6.07) is 6.16. The van der Waals surface area contributed by atoms with Crippen molar-refractivity contribution in [2.24, 2.45) is 13.0 Å². The predicted octanol–water partition coefficient (Wildman–Crippen LogP) is 3.37. The fraction of sp³-hybridized carbons (Fsp3) is 0.444. The maximum atomic E-state index is 5.38. The Kier molecular flexibility index (Phi) is 3.36. The number of aromatic nitrogens is 3. The lowest BCUT2D eigenvalue weighted by atomic mass is 10.0. The second-order valence-electron chi connectivity index (χ2n) is 6.53. The average Bonchev–Trinajstić information content (AvgIpc) is 2.87. The lowest BCUT2D eigenvalue weighted by Crippen LogP contribution is -2.35. The van der Waals surface area contributed by atoms with Crippen LogP contribution in [0.3, 0.4) is 0 Å². The van der Waals surface area contributed by atoms with E-state index in [4.69, 9.17) is 4.74 Å². The Hall–Kier alpha value is -2.30. The van der Waals surface area contributed by atoms with Gasteiger partial charge in [-0.15, -0.1) is 0 Å². The van der Waals surface area contributed by atoms with E-state index in [0.29, 0.717) is 5.92 Å². The molecule has 120 valence electrons. The van der Waals surface area contributed by atoms with Gasteiger partial charge >= 0.3 is 0 Å². The Morgan fingerprint density at radius 2 is 2.13 bits per heavy atom. The van der Waals surface area contributed by atoms with Crippen LogP contribution in [0.25, 0.3) is 21.9 Å². The molecule has 0 spiro atoms. The second kappa shape index (κ2) is 5.41. The molecular formula is C18H22N4O. The molecule has 23 heavy (non-hydrogen) atoms. The lowest BCUT2D eigenvalue weighted by molar-refractivity contribution is 0.415. The first-order valence-corrected chi connectivity index (χ1v) is 8.21. The summed E-state index contributed by atoms with van der Waals surface area (Å²) in [5.74, 6) is 2.62. The van der Waals surface area contributed by atoms with E-state index < -0.39 is 0 Å². The highest BCUT2D eigenvalue weighted by molar-refractivity contribution is 6.09. The third kappa shape index (κ3) is 2.22. The first-order valence-electron chi connectivity index (χ1n) is 8.21. The summed E-state index contributed by atoms with van der Waals surface area (Å²) in [5.41, 5.74) is 3.28. The number of aryl methyl sites for hydroxylation is 1. The monoisotopic (exact) mass is 310 g/mol. The Bertz CT molecular complexity index is 870. The van der Waals surface area contributed by atoms with Gasteiger partial charge in [0.2, 0.25) is 0 Å². The standard InChI is InChI=1S/C18H22N4O/c1-12-5-4-8-22(10-12)18-17-16(19-11-20-18)14-9-13(23-3)6-7-15(14)21(17)2/h6-7,9,11-12H,4-5,8,10H2,1-3H3.